The van der Waals surface area contributed by atoms with E-state index in [0.29, 0.717) is 30.7 Å². The number of benzene rings is 1. The number of hydrogen-bond acceptors (Lipinski definition) is 2. The maximum atomic E-state index is 12.3. The number of rotatable bonds is 4. The highest BCUT2D eigenvalue weighted by Crippen LogP contribution is 2.28. The zero-order valence-electron chi connectivity index (χ0n) is 14.4. The molecule has 2 rings (SSSR count). The fourth-order valence-corrected chi connectivity index (χ4v) is 3.21. The van der Waals surface area contributed by atoms with E-state index in [-0.39, 0.29) is 11.9 Å². The molecular weight excluding hydrogens is 272 g/mol. The van der Waals surface area contributed by atoms with Gasteiger partial charge >= 0.3 is 0 Å². The quantitative estimate of drug-likeness (QED) is 0.925. The van der Waals surface area contributed by atoms with E-state index in [4.69, 9.17) is 5.73 Å². The summed E-state index contributed by atoms with van der Waals surface area (Å²) in [6.45, 7) is 10.1. The number of amides is 1. The van der Waals surface area contributed by atoms with Crippen molar-refractivity contribution in [3.8, 4) is 0 Å². The lowest BCUT2D eigenvalue weighted by Gasteiger charge is -2.37. The molecule has 0 saturated carbocycles. The van der Waals surface area contributed by atoms with Gasteiger partial charge in [-0.2, -0.15) is 0 Å². The van der Waals surface area contributed by atoms with E-state index < -0.39 is 0 Å². The Morgan fingerprint density at radius 1 is 1.18 bits per heavy atom. The van der Waals surface area contributed by atoms with Crippen LogP contribution in [0.15, 0.2) is 24.3 Å². The van der Waals surface area contributed by atoms with E-state index in [1.54, 1.807) is 0 Å². The van der Waals surface area contributed by atoms with Crippen LogP contribution in [-0.2, 0) is 4.79 Å². The first-order chi connectivity index (χ1) is 10.4. The Morgan fingerprint density at radius 3 is 2.36 bits per heavy atom. The molecule has 1 amide bonds. The molecule has 0 aromatic heterocycles. The summed E-state index contributed by atoms with van der Waals surface area (Å²) in [5.74, 6) is 1.55. The number of carbonyl (C=O) groups is 1. The van der Waals surface area contributed by atoms with Crippen molar-refractivity contribution in [3.05, 3.63) is 35.4 Å². The molecule has 0 aliphatic carbocycles. The first-order valence-corrected chi connectivity index (χ1v) is 8.50. The Balaban J connectivity index is 2.08. The van der Waals surface area contributed by atoms with Crippen molar-refractivity contribution < 1.29 is 4.79 Å². The molecule has 2 unspecified atom stereocenters. The highest BCUT2D eigenvalue weighted by Gasteiger charge is 2.29. The molecule has 22 heavy (non-hydrogen) atoms. The summed E-state index contributed by atoms with van der Waals surface area (Å²) >= 11 is 0. The molecule has 0 radical (unpaired) electrons. The second kappa shape index (κ2) is 7.28. The van der Waals surface area contributed by atoms with Crippen molar-refractivity contribution in [2.45, 2.75) is 58.4 Å². The molecule has 1 aromatic carbocycles. The highest BCUT2D eigenvalue weighted by atomic mass is 16.2. The second-order valence-corrected chi connectivity index (χ2v) is 7.41. The van der Waals surface area contributed by atoms with E-state index >= 15 is 0 Å². The monoisotopic (exact) mass is 302 g/mol. The van der Waals surface area contributed by atoms with Crippen molar-refractivity contribution in [2.24, 2.45) is 11.7 Å². The van der Waals surface area contributed by atoms with Gasteiger partial charge in [0.25, 0.3) is 0 Å². The molecule has 2 N–H and O–H groups in total. The third-order valence-electron chi connectivity index (χ3n) is 4.49. The Bertz CT molecular complexity index is 493. The van der Waals surface area contributed by atoms with E-state index in [1.807, 2.05) is 4.90 Å². The highest BCUT2D eigenvalue weighted by molar-refractivity contribution is 5.76. The van der Waals surface area contributed by atoms with Gasteiger partial charge in [0.05, 0.1) is 0 Å². The lowest BCUT2D eigenvalue weighted by Crippen LogP contribution is -2.48. The minimum atomic E-state index is 0.0830. The van der Waals surface area contributed by atoms with Crippen molar-refractivity contribution in [2.75, 3.05) is 13.1 Å². The third-order valence-corrected chi connectivity index (χ3v) is 4.49. The number of nitrogens with two attached hydrogens (primary N) is 1. The molecule has 1 heterocycles. The largest absolute Gasteiger partial charge is 0.341 e. The summed E-state index contributed by atoms with van der Waals surface area (Å²) in [7, 11) is 0. The van der Waals surface area contributed by atoms with Crippen LogP contribution in [0.3, 0.4) is 0 Å². The van der Waals surface area contributed by atoms with Crippen LogP contribution in [0.2, 0.25) is 0 Å². The fourth-order valence-electron chi connectivity index (χ4n) is 3.21. The van der Waals surface area contributed by atoms with Crippen LogP contribution in [0.25, 0.3) is 0 Å². The standard InChI is InChI=1S/C19H30N2O/c1-13(2)9-19(22)21-11-17(10-18(20)12-21)16-7-5-15(6-8-16)14(3)4/h5-8,13-14,17-18H,9-12,20H2,1-4H3. The van der Waals surface area contributed by atoms with Gasteiger partial charge in [-0.1, -0.05) is 52.0 Å². The minimum Gasteiger partial charge on any atom is -0.341 e. The Hall–Kier alpha value is -1.35. The SMILES string of the molecule is CC(C)CC(=O)N1CC(N)CC(c2ccc(C(C)C)cc2)C1. The molecule has 1 aromatic rings. The van der Waals surface area contributed by atoms with Crippen LogP contribution in [0.5, 0.6) is 0 Å². The van der Waals surface area contributed by atoms with Crippen LogP contribution in [-0.4, -0.2) is 29.9 Å². The lowest BCUT2D eigenvalue weighted by molar-refractivity contribution is -0.133. The molecule has 3 nitrogen and oxygen atoms in total. The Labute approximate surface area is 134 Å². The van der Waals surface area contributed by atoms with Gasteiger partial charge in [0.15, 0.2) is 0 Å². The minimum absolute atomic E-state index is 0.0830. The molecular formula is C19H30N2O. The summed E-state index contributed by atoms with van der Waals surface area (Å²) in [6.07, 6.45) is 1.58. The van der Waals surface area contributed by atoms with Gasteiger partial charge in [0, 0.05) is 31.5 Å². The molecule has 0 bridgehead atoms. The van der Waals surface area contributed by atoms with Gasteiger partial charge in [-0.05, 0) is 29.4 Å². The Kier molecular flexibility index (Phi) is 5.63. The third kappa shape index (κ3) is 4.33. The molecule has 122 valence electrons. The lowest BCUT2D eigenvalue weighted by atomic mass is 9.87. The van der Waals surface area contributed by atoms with Crippen LogP contribution in [0, 0.1) is 5.92 Å². The predicted molar refractivity (Wildman–Crippen MR) is 91.9 cm³/mol. The summed E-state index contributed by atoms with van der Waals surface area (Å²) in [4.78, 5) is 14.3. The van der Waals surface area contributed by atoms with Crippen LogP contribution < -0.4 is 5.73 Å². The van der Waals surface area contributed by atoms with Gasteiger partial charge in [-0.25, -0.2) is 0 Å². The Morgan fingerprint density at radius 2 is 1.82 bits per heavy atom. The maximum absolute atomic E-state index is 12.3. The van der Waals surface area contributed by atoms with Crippen molar-refractivity contribution in [3.63, 3.8) is 0 Å². The number of hydrogen-bond donors (Lipinski definition) is 1. The zero-order valence-corrected chi connectivity index (χ0v) is 14.4. The summed E-state index contributed by atoms with van der Waals surface area (Å²) < 4.78 is 0. The maximum Gasteiger partial charge on any atom is 0.222 e. The smallest absolute Gasteiger partial charge is 0.222 e. The molecule has 1 fully saturated rings. The van der Waals surface area contributed by atoms with E-state index in [1.165, 1.54) is 11.1 Å². The van der Waals surface area contributed by atoms with Crippen molar-refractivity contribution >= 4 is 5.91 Å². The second-order valence-electron chi connectivity index (χ2n) is 7.41. The fraction of sp³-hybridized carbons (Fsp3) is 0.632. The van der Waals surface area contributed by atoms with Gasteiger partial charge < -0.3 is 10.6 Å². The normalized spacial score (nSPS) is 22.4. The molecule has 3 heteroatoms. The van der Waals surface area contributed by atoms with Crippen LogP contribution in [0.1, 0.15) is 63.5 Å². The van der Waals surface area contributed by atoms with Gasteiger partial charge in [-0.15, -0.1) is 0 Å². The molecule has 0 spiro atoms. The van der Waals surface area contributed by atoms with Crippen LogP contribution in [0.4, 0.5) is 0 Å². The van der Waals surface area contributed by atoms with Gasteiger partial charge in [0.1, 0.15) is 0 Å². The summed E-state index contributed by atoms with van der Waals surface area (Å²) in [5, 5.41) is 0. The average molecular weight is 302 g/mol. The number of piperidine rings is 1. The first kappa shape index (κ1) is 17.0. The van der Waals surface area contributed by atoms with Gasteiger partial charge in [-0.3, -0.25) is 4.79 Å². The summed E-state index contributed by atoms with van der Waals surface area (Å²) in [6, 6.07) is 8.92. The zero-order chi connectivity index (χ0) is 16.3. The molecule has 2 atom stereocenters. The summed E-state index contributed by atoms with van der Waals surface area (Å²) in [5.41, 5.74) is 8.87. The number of nitrogens with zero attached hydrogens (tertiary/aromatic N) is 1. The molecule has 1 aliphatic heterocycles. The van der Waals surface area contributed by atoms with Gasteiger partial charge in [0.2, 0.25) is 5.91 Å². The van der Waals surface area contributed by atoms with E-state index in [9.17, 15) is 4.79 Å². The van der Waals surface area contributed by atoms with E-state index in [2.05, 4.69) is 52.0 Å². The molecule has 1 aliphatic rings. The van der Waals surface area contributed by atoms with Crippen LogP contribution >= 0.6 is 0 Å². The topological polar surface area (TPSA) is 46.3 Å². The average Bonchev–Trinajstić information content (AvgIpc) is 2.46. The van der Waals surface area contributed by atoms with Crippen molar-refractivity contribution in [1.29, 1.82) is 0 Å². The van der Waals surface area contributed by atoms with E-state index in [0.717, 1.165) is 13.0 Å². The molecule has 1 saturated heterocycles. The number of likely N-dealkylation sites (tertiary alicyclic amines) is 1. The van der Waals surface area contributed by atoms with Crippen molar-refractivity contribution in [1.82, 2.24) is 4.90 Å². The number of carbonyl (C=O) groups excluding carboxylic acids is 1. The predicted octanol–water partition coefficient (Wildman–Crippen LogP) is 3.50. The first-order valence-electron chi connectivity index (χ1n) is 8.50.